The summed E-state index contributed by atoms with van der Waals surface area (Å²) >= 11 is 0. The Morgan fingerprint density at radius 2 is 2.00 bits per heavy atom. The molecule has 0 fully saturated rings. The summed E-state index contributed by atoms with van der Waals surface area (Å²) in [6.07, 6.45) is 6.44. The topological polar surface area (TPSA) is 73.3 Å². The summed E-state index contributed by atoms with van der Waals surface area (Å²) in [5.41, 5.74) is 1.12. The Bertz CT molecular complexity index is 1070. The van der Waals surface area contributed by atoms with Crippen molar-refractivity contribution in [3.8, 4) is 11.6 Å². The Hall–Kier alpha value is -3.54. The molecule has 0 saturated heterocycles. The molecule has 0 atom stereocenters. The standard InChI is InChI=1S/C18H12N4O2/c23-18-14-6-1-2-7-15(14)21-17(16-8-4-10-24-16)22(18)20-12-13-5-3-9-19-11-13/h1-12H/b20-12+. The van der Waals surface area contributed by atoms with Gasteiger partial charge < -0.3 is 4.42 Å². The largest absolute Gasteiger partial charge is 0.461 e. The fourth-order valence-corrected chi connectivity index (χ4v) is 2.37. The molecule has 6 heteroatoms. The number of aromatic nitrogens is 3. The van der Waals surface area contributed by atoms with Gasteiger partial charge in [-0.15, -0.1) is 0 Å². The summed E-state index contributed by atoms with van der Waals surface area (Å²) < 4.78 is 6.65. The van der Waals surface area contributed by atoms with E-state index in [0.717, 1.165) is 5.56 Å². The number of para-hydroxylation sites is 1. The zero-order chi connectivity index (χ0) is 16.4. The molecular formula is C18H12N4O2. The van der Waals surface area contributed by atoms with Crippen molar-refractivity contribution in [2.24, 2.45) is 5.10 Å². The predicted molar refractivity (Wildman–Crippen MR) is 90.9 cm³/mol. The minimum Gasteiger partial charge on any atom is -0.461 e. The van der Waals surface area contributed by atoms with Gasteiger partial charge in [-0.2, -0.15) is 9.78 Å². The predicted octanol–water partition coefficient (Wildman–Crippen LogP) is 2.93. The molecule has 24 heavy (non-hydrogen) atoms. The number of fused-ring (bicyclic) bond motifs is 1. The van der Waals surface area contributed by atoms with E-state index in [1.807, 2.05) is 12.1 Å². The highest BCUT2D eigenvalue weighted by Gasteiger charge is 2.13. The Kier molecular flexibility index (Phi) is 3.47. The van der Waals surface area contributed by atoms with E-state index >= 15 is 0 Å². The van der Waals surface area contributed by atoms with Crippen LogP contribution in [0.1, 0.15) is 5.56 Å². The quantitative estimate of drug-likeness (QED) is 0.545. The van der Waals surface area contributed by atoms with Crippen LogP contribution in [0.5, 0.6) is 0 Å². The molecule has 0 aliphatic carbocycles. The lowest BCUT2D eigenvalue weighted by molar-refractivity contribution is 0.571. The molecule has 1 aromatic carbocycles. The van der Waals surface area contributed by atoms with E-state index in [4.69, 9.17) is 4.42 Å². The summed E-state index contributed by atoms with van der Waals surface area (Å²) in [7, 11) is 0. The summed E-state index contributed by atoms with van der Waals surface area (Å²) in [5, 5.41) is 4.80. The number of benzene rings is 1. The van der Waals surface area contributed by atoms with Crippen LogP contribution in [0, 0.1) is 0 Å². The molecule has 3 heterocycles. The van der Waals surface area contributed by atoms with Crippen molar-refractivity contribution in [1.29, 1.82) is 0 Å². The van der Waals surface area contributed by atoms with Gasteiger partial charge in [-0.25, -0.2) is 4.98 Å². The maximum atomic E-state index is 12.8. The molecule has 0 bridgehead atoms. The molecule has 0 spiro atoms. The van der Waals surface area contributed by atoms with E-state index in [1.54, 1.807) is 55.0 Å². The van der Waals surface area contributed by atoms with E-state index in [9.17, 15) is 4.79 Å². The zero-order valence-electron chi connectivity index (χ0n) is 12.5. The molecule has 3 aromatic heterocycles. The van der Waals surface area contributed by atoms with Crippen LogP contribution >= 0.6 is 0 Å². The van der Waals surface area contributed by atoms with Crippen LogP contribution in [0.3, 0.4) is 0 Å². The van der Waals surface area contributed by atoms with E-state index in [1.165, 1.54) is 10.9 Å². The minimum absolute atomic E-state index is 0.257. The lowest BCUT2D eigenvalue weighted by Gasteiger charge is -2.07. The van der Waals surface area contributed by atoms with Gasteiger partial charge in [0.15, 0.2) is 5.76 Å². The highest BCUT2D eigenvalue weighted by Crippen LogP contribution is 2.19. The first-order valence-electron chi connectivity index (χ1n) is 7.33. The lowest BCUT2D eigenvalue weighted by Crippen LogP contribution is -2.20. The van der Waals surface area contributed by atoms with E-state index in [2.05, 4.69) is 15.1 Å². The van der Waals surface area contributed by atoms with Crippen LogP contribution < -0.4 is 5.56 Å². The van der Waals surface area contributed by atoms with Crippen molar-refractivity contribution in [3.63, 3.8) is 0 Å². The van der Waals surface area contributed by atoms with Gasteiger partial charge in [-0.1, -0.05) is 18.2 Å². The third-order valence-corrected chi connectivity index (χ3v) is 3.50. The Labute approximate surface area is 136 Å². The normalized spacial score (nSPS) is 11.3. The average Bonchev–Trinajstić information content (AvgIpc) is 3.16. The van der Waals surface area contributed by atoms with Gasteiger partial charge in [0.25, 0.3) is 5.56 Å². The number of rotatable bonds is 3. The molecule has 0 radical (unpaired) electrons. The second kappa shape index (κ2) is 5.92. The highest BCUT2D eigenvalue weighted by atomic mass is 16.3. The molecule has 4 rings (SSSR count). The van der Waals surface area contributed by atoms with E-state index in [-0.39, 0.29) is 5.56 Å². The Morgan fingerprint density at radius 3 is 2.79 bits per heavy atom. The Balaban J connectivity index is 1.95. The third kappa shape index (κ3) is 2.50. The van der Waals surface area contributed by atoms with Gasteiger partial charge in [-0.3, -0.25) is 9.78 Å². The third-order valence-electron chi connectivity index (χ3n) is 3.50. The van der Waals surface area contributed by atoms with Crippen LogP contribution in [-0.4, -0.2) is 20.9 Å². The van der Waals surface area contributed by atoms with Crippen LogP contribution in [0.4, 0.5) is 0 Å². The molecule has 4 aromatic rings. The van der Waals surface area contributed by atoms with Crippen molar-refractivity contribution in [1.82, 2.24) is 14.6 Å². The molecule has 0 N–H and O–H groups in total. The van der Waals surface area contributed by atoms with Gasteiger partial charge in [0, 0.05) is 18.0 Å². The smallest absolute Gasteiger partial charge is 0.282 e. The molecule has 0 unspecified atom stereocenters. The maximum absolute atomic E-state index is 12.8. The van der Waals surface area contributed by atoms with Crippen LogP contribution in [0.15, 0.2) is 81.5 Å². The minimum atomic E-state index is -0.257. The maximum Gasteiger partial charge on any atom is 0.282 e. The summed E-state index contributed by atoms with van der Waals surface area (Å²) in [6, 6.07) is 14.3. The number of furan rings is 1. The number of hydrogen-bond donors (Lipinski definition) is 0. The van der Waals surface area contributed by atoms with Crippen LogP contribution in [0.25, 0.3) is 22.5 Å². The van der Waals surface area contributed by atoms with Gasteiger partial charge in [0.2, 0.25) is 5.82 Å². The lowest BCUT2D eigenvalue weighted by atomic mass is 10.2. The van der Waals surface area contributed by atoms with Crippen LogP contribution in [0.2, 0.25) is 0 Å². The monoisotopic (exact) mass is 316 g/mol. The summed E-state index contributed by atoms with van der Waals surface area (Å²) in [6.45, 7) is 0. The molecule has 0 aliphatic rings. The van der Waals surface area contributed by atoms with Crippen molar-refractivity contribution >= 4 is 17.1 Å². The second-order valence-corrected chi connectivity index (χ2v) is 5.08. The number of pyridine rings is 1. The summed E-state index contributed by atoms with van der Waals surface area (Å²) in [5.74, 6) is 0.824. The van der Waals surface area contributed by atoms with Crippen LogP contribution in [-0.2, 0) is 0 Å². The van der Waals surface area contributed by atoms with Gasteiger partial charge in [0.05, 0.1) is 23.4 Å². The van der Waals surface area contributed by atoms with Crippen molar-refractivity contribution in [3.05, 3.63) is 83.1 Å². The molecule has 0 aliphatic heterocycles. The Morgan fingerprint density at radius 1 is 1.08 bits per heavy atom. The van der Waals surface area contributed by atoms with Crippen molar-refractivity contribution < 1.29 is 4.42 Å². The second-order valence-electron chi connectivity index (χ2n) is 5.08. The van der Waals surface area contributed by atoms with Crippen molar-refractivity contribution in [2.75, 3.05) is 0 Å². The first-order chi connectivity index (χ1) is 11.8. The van der Waals surface area contributed by atoms with Gasteiger partial charge >= 0.3 is 0 Å². The van der Waals surface area contributed by atoms with Gasteiger partial charge in [0.1, 0.15) is 0 Å². The molecule has 116 valence electrons. The number of nitrogens with zero attached hydrogens (tertiary/aromatic N) is 4. The van der Waals surface area contributed by atoms with E-state index < -0.39 is 0 Å². The average molecular weight is 316 g/mol. The number of hydrogen-bond acceptors (Lipinski definition) is 5. The first-order valence-corrected chi connectivity index (χ1v) is 7.33. The molecule has 0 amide bonds. The zero-order valence-corrected chi connectivity index (χ0v) is 12.5. The fraction of sp³-hybridized carbons (Fsp3) is 0. The van der Waals surface area contributed by atoms with Gasteiger partial charge in [-0.05, 0) is 30.3 Å². The first kappa shape index (κ1) is 14.1. The summed E-state index contributed by atoms with van der Waals surface area (Å²) in [4.78, 5) is 21.4. The highest BCUT2D eigenvalue weighted by molar-refractivity contribution is 5.81. The molecule has 6 nitrogen and oxygen atoms in total. The van der Waals surface area contributed by atoms with Crippen molar-refractivity contribution in [2.45, 2.75) is 0 Å². The molecule has 0 saturated carbocycles. The molecular weight excluding hydrogens is 304 g/mol. The van der Waals surface area contributed by atoms with E-state index in [0.29, 0.717) is 22.5 Å². The SMILES string of the molecule is O=c1c2ccccc2nc(-c2ccco2)n1/N=C/c1cccnc1. The fourth-order valence-electron chi connectivity index (χ4n) is 2.37.